The van der Waals surface area contributed by atoms with Gasteiger partial charge < -0.3 is 10.1 Å². The molecule has 0 bridgehead atoms. The van der Waals surface area contributed by atoms with Crippen molar-refractivity contribution in [3.8, 4) is 0 Å². The van der Waals surface area contributed by atoms with E-state index in [2.05, 4.69) is 10.7 Å². The number of imide groups is 1. The molecule has 1 saturated heterocycles. The summed E-state index contributed by atoms with van der Waals surface area (Å²) in [5, 5.41) is 3.32. The van der Waals surface area contributed by atoms with Crippen LogP contribution in [0.4, 0.5) is 4.79 Å². The molecule has 8 heteroatoms. The highest BCUT2D eigenvalue weighted by Gasteiger charge is 2.54. The van der Waals surface area contributed by atoms with Crippen LogP contribution in [0.15, 0.2) is 60.7 Å². The van der Waals surface area contributed by atoms with Gasteiger partial charge in [0.2, 0.25) is 0 Å². The molecular formula is C21H21N3O5. The summed E-state index contributed by atoms with van der Waals surface area (Å²) in [6.45, 7) is 2.66. The fourth-order valence-corrected chi connectivity index (χ4v) is 3.03. The van der Waals surface area contributed by atoms with Gasteiger partial charge in [-0.15, -0.1) is 0 Å². The first kappa shape index (κ1) is 20.1. The molecule has 1 fully saturated rings. The summed E-state index contributed by atoms with van der Waals surface area (Å²) in [5.74, 6) is -2.41. The van der Waals surface area contributed by atoms with Crippen molar-refractivity contribution in [3.05, 3.63) is 71.8 Å². The molecule has 3 rings (SSSR count). The van der Waals surface area contributed by atoms with Crippen molar-refractivity contribution in [1.29, 1.82) is 0 Å². The molecule has 0 unspecified atom stereocenters. The number of carbonyl (C=O) groups excluding carboxylic acids is 4. The van der Waals surface area contributed by atoms with Crippen LogP contribution in [0.25, 0.3) is 0 Å². The third-order valence-electron chi connectivity index (χ3n) is 4.49. The summed E-state index contributed by atoms with van der Waals surface area (Å²) < 4.78 is 4.85. The van der Waals surface area contributed by atoms with Gasteiger partial charge in [-0.1, -0.05) is 74.5 Å². The second-order valence-corrected chi connectivity index (χ2v) is 6.85. The molecule has 0 aromatic heterocycles. The highest BCUT2D eigenvalue weighted by Crippen LogP contribution is 2.35. The van der Waals surface area contributed by atoms with Crippen molar-refractivity contribution in [2.24, 2.45) is 5.92 Å². The minimum absolute atomic E-state index is 0.400. The number of hydrogen-bond acceptors (Lipinski definition) is 5. The van der Waals surface area contributed by atoms with Crippen LogP contribution in [0.5, 0.6) is 0 Å². The van der Waals surface area contributed by atoms with E-state index in [1.165, 1.54) is 0 Å². The lowest BCUT2D eigenvalue weighted by molar-refractivity contribution is -0.153. The summed E-state index contributed by atoms with van der Waals surface area (Å²) >= 11 is 0. The number of carbonyl (C=O) groups is 4. The van der Waals surface area contributed by atoms with Crippen molar-refractivity contribution in [3.63, 3.8) is 0 Å². The van der Waals surface area contributed by atoms with E-state index in [0.29, 0.717) is 16.1 Å². The van der Waals surface area contributed by atoms with E-state index >= 15 is 0 Å². The zero-order valence-electron chi connectivity index (χ0n) is 16.0. The van der Waals surface area contributed by atoms with E-state index in [1.54, 1.807) is 74.5 Å². The van der Waals surface area contributed by atoms with Gasteiger partial charge >= 0.3 is 12.0 Å². The lowest BCUT2D eigenvalue weighted by atomic mass is 9.83. The fraction of sp³-hybridized carbons (Fsp3) is 0.238. The Hall–Kier alpha value is -3.68. The molecule has 0 spiro atoms. The Balaban J connectivity index is 1.88. The number of hydrogen-bond donors (Lipinski definition) is 2. The van der Waals surface area contributed by atoms with Gasteiger partial charge in [0.25, 0.3) is 11.8 Å². The fourth-order valence-electron chi connectivity index (χ4n) is 3.03. The van der Waals surface area contributed by atoms with Crippen LogP contribution in [-0.2, 0) is 24.7 Å². The molecular weight excluding hydrogens is 374 g/mol. The molecule has 0 atom stereocenters. The standard InChI is InChI=1S/C21H21N3O5/c1-14(2)18(26)29-13-17(25)23-24-19(27)21(22-20(24)28,15-9-5-3-6-10-15)16-11-7-4-8-12-16/h3-12,14H,13H2,1-2H3,(H,22,28)(H,23,25). The van der Waals surface area contributed by atoms with E-state index in [0.717, 1.165) is 0 Å². The molecule has 1 aliphatic rings. The topological polar surface area (TPSA) is 105 Å². The van der Waals surface area contributed by atoms with Crippen LogP contribution in [0, 0.1) is 5.92 Å². The van der Waals surface area contributed by atoms with Gasteiger partial charge in [-0.2, -0.15) is 5.01 Å². The highest BCUT2D eigenvalue weighted by atomic mass is 16.5. The number of hydrazine groups is 1. The Bertz CT molecular complexity index is 888. The van der Waals surface area contributed by atoms with Gasteiger partial charge in [0, 0.05) is 0 Å². The van der Waals surface area contributed by atoms with Gasteiger partial charge in [0.15, 0.2) is 12.1 Å². The van der Waals surface area contributed by atoms with Crippen molar-refractivity contribution >= 4 is 23.8 Å². The SMILES string of the molecule is CC(C)C(=O)OCC(=O)NN1C(=O)NC(c2ccccc2)(c2ccccc2)C1=O. The molecule has 29 heavy (non-hydrogen) atoms. The number of esters is 1. The van der Waals surface area contributed by atoms with Crippen LogP contribution in [0.3, 0.4) is 0 Å². The lowest BCUT2D eigenvalue weighted by Crippen LogP contribution is -2.50. The molecule has 1 heterocycles. The normalized spacial score (nSPS) is 15.2. The second-order valence-electron chi connectivity index (χ2n) is 6.85. The Morgan fingerprint density at radius 1 is 1.00 bits per heavy atom. The first-order valence-corrected chi connectivity index (χ1v) is 9.10. The van der Waals surface area contributed by atoms with E-state index in [4.69, 9.17) is 4.74 Å². The van der Waals surface area contributed by atoms with Crippen LogP contribution in [0.2, 0.25) is 0 Å². The van der Waals surface area contributed by atoms with Gasteiger partial charge in [0.05, 0.1) is 5.92 Å². The Kier molecular flexibility index (Phi) is 5.63. The molecule has 0 saturated carbocycles. The summed E-state index contributed by atoms with van der Waals surface area (Å²) in [6, 6.07) is 16.7. The van der Waals surface area contributed by atoms with E-state index in [1.807, 2.05) is 0 Å². The lowest BCUT2D eigenvalue weighted by Gasteiger charge is -2.27. The largest absolute Gasteiger partial charge is 0.455 e. The molecule has 4 amide bonds. The zero-order chi connectivity index (χ0) is 21.0. The van der Waals surface area contributed by atoms with Gasteiger partial charge in [-0.25, -0.2) is 4.79 Å². The second kappa shape index (κ2) is 8.14. The van der Waals surface area contributed by atoms with Gasteiger partial charge in [-0.05, 0) is 11.1 Å². The number of ether oxygens (including phenoxy) is 1. The highest BCUT2D eigenvalue weighted by molar-refractivity contribution is 6.10. The number of benzene rings is 2. The Labute approximate surface area is 167 Å². The maximum absolute atomic E-state index is 13.3. The third kappa shape index (κ3) is 3.82. The minimum atomic E-state index is -1.48. The summed E-state index contributed by atoms with van der Waals surface area (Å²) in [5.41, 5.74) is 1.84. The third-order valence-corrected chi connectivity index (χ3v) is 4.49. The first-order valence-electron chi connectivity index (χ1n) is 9.10. The van der Waals surface area contributed by atoms with E-state index in [9.17, 15) is 19.2 Å². The number of rotatable bonds is 6. The molecule has 1 aliphatic heterocycles. The quantitative estimate of drug-likeness (QED) is 0.572. The maximum Gasteiger partial charge on any atom is 0.344 e. The zero-order valence-corrected chi connectivity index (χ0v) is 16.0. The van der Waals surface area contributed by atoms with Crippen molar-refractivity contribution in [2.45, 2.75) is 19.4 Å². The average molecular weight is 395 g/mol. The molecule has 150 valence electrons. The van der Waals surface area contributed by atoms with Crippen LogP contribution < -0.4 is 10.7 Å². The van der Waals surface area contributed by atoms with E-state index < -0.39 is 41.9 Å². The number of urea groups is 1. The van der Waals surface area contributed by atoms with Gasteiger partial charge in [0.1, 0.15) is 0 Å². The monoisotopic (exact) mass is 395 g/mol. The van der Waals surface area contributed by atoms with Crippen molar-refractivity contribution < 1.29 is 23.9 Å². The molecule has 0 radical (unpaired) electrons. The smallest absolute Gasteiger partial charge is 0.344 e. The number of amides is 4. The number of nitrogens with zero attached hydrogens (tertiary/aromatic N) is 1. The Morgan fingerprint density at radius 3 is 2.00 bits per heavy atom. The Morgan fingerprint density at radius 2 is 1.52 bits per heavy atom. The van der Waals surface area contributed by atoms with E-state index in [-0.39, 0.29) is 0 Å². The predicted molar refractivity (Wildman–Crippen MR) is 103 cm³/mol. The molecule has 2 N–H and O–H groups in total. The van der Waals surface area contributed by atoms with Crippen LogP contribution >= 0.6 is 0 Å². The molecule has 0 aliphatic carbocycles. The minimum Gasteiger partial charge on any atom is -0.455 e. The predicted octanol–water partition coefficient (Wildman–Crippen LogP) is 1.71. The molecule has 2 aromatic rings. The summed E-state index contributed by atoms with van der Waals surface area (Å²) in [4.78, 5) is 49.6. The number of nitrogens with one attached hydrogen (secondary N) is 2. The van der Waals surface area contributed by atoms with Crippen LogP contribution in [0.1, 0.15) is 25.0 Å². The molecule has 8 nitrogen and oxygen atoms in total. The maximum atomic E-state index is 13.3. The van der Waals surface area contributed by atoms with Crippen molar-refractivity contribution in [1.82, 2.24) is 15.8 Å². The summed E-state index contributed by atoms with van der Waals surface area (Å²) in [7, 11) is 0. The molecule has 2 aromatic carbocycles. The summed E-state index contributed by atoms with van der Waals surface area (Å²) in [6.07, 6.45) is 0. The van der Waals surface area contributed by atoms with Crippen molar-refractivity contribution in [2.75, 3.05) is 6.61 Å². The van der Waals surface area contributed by atoms with Gasteiger partial charge in [-0.3, -0.25) is 19.8 Å². The van der Waals surface area contributed by atoms with Crippen LogP contribution in [-0.4, -0.2) is 35.4 Å². The first-order chi connectivity index (χ1) is 13.9. The average Bonchev–Trinajstić information content (AvgIpc) is 2.98.